The summed E-state index contributed by atoms with van der Waals surface area (Å²) < 4.78 is 70.7. The van der Waals surface area contributed by atoms with Crippen LogP contribution < -0.4 is 5.32 Å². The summed E-state index contributed by atoms with van der Waals surface area (Å²) in [5.41, 5.74) is -2.39. The Morgan fingerprint density at radius 1 is 1.21 bits per heavy atom. The number of nitrogens with zero attached hydrogens (tertiary/aromatic N) is 1. The predicted octanol–water partition coefficient (Wildman–Crippen LogP) is 6.56. The van der Waals surface area contributed by atoms with Crippen LogP contribution >= 0.6 is 7.60 Å². The molecule has 1 N–H and O–H groups in total. The highest BCUT2D eigenvalue weighted by Crippen LogP contribution is 2.62. The first-order valence-electron chi connectivity index (χ1n) is 10.8. The third kappa shape index (κ3) is 6.29. The third-order valence-electron chi connectivity index (χ3n) is 5.16. The lowest BCUT2D eigenvalue weighted by molar-refractivity contribution is -0.178. The van der Waals surface area contributed by atoms with Crippen molar-refractivity contribution in [3.8, 4) is 0 Å². The Kier molecular flexibility index (Phi) is 8.32. The minimum Gasteiger partial charge on any atom is -0.357 e. The van der Waals surface area contributed by atoms with Crippen molar-refractivity contribution >= 4 is 19.3 Å². The minimum absolute atomic E-state index is 0.0488. The number of anilines is 1. The Labute approximate surface area is 193 Å². The van der Waals surface area contributed by atoms with E-state index in [0.29, 0.717) is 0 Å². The van der Waals surface area contributed by atoms with E-state index < -0.39 is 48.2 Å². The van der Waals surface area contributed by atoms with E-state index in [-0.39, 0.29) is 25.5 Å². The molecule has 1 aromatic carbocycles. The zero-order chi connectivity index (χ0) is 25.2. The van der Waals surface area contributed by atoms with Gasteiger partial charge in [0.05, 0.1) is 25.4 Å². The van der Waals surface area contributed by atoms with Crippen LogP contribution in [-0.2, 0) is 24.5 Å². The quantitative estimate of drug-likeness (QED) is 0.453. The van der Waals surface area contributed by atoms with Crippen LogP contribution in [0.25, 0.3) is 0 Å². The highest BCUT2D eigenvalue weighted by atomic mass is 31.2. The summed E-state index contributed by atoms with van der Waals surface area (Å²) in [4.78, 5) is 14.8. The lowest BCUT2D eigenvalue weighted by Gasteiger charge is -2.54. The molecule has 2 rings (SSSR count). The van der Waals surface area contributed by atoms with E-state index in [1.165, 1.54) is 17.0 Å². The summed E-state index contributed by atoms with van der Waals surface area (Å²) in [6.07, 6.45) is -5.40. The maximum absolute atomic E-state index is 13.9. The van der Waals surface area contributed by atoms with Gasteiger partial charge in [-0.2, -0.15) is 13.2 Å². The summed E-state index contributed by atoms with van der Waals surface area (Å²) >= 11 is 0. The Hall–Kier alpha value is -1.61. The fraction of sp³-hybridized carbons (Fsp3) is 0.682. The number of carbonyl (C=O) groups is 1. The highest BCUT2D eigenvalue weighted by molar-refractivity contribution is 7.54. The van der Waals surface area contributed by atoms with Gasteiger partial charge in [-0.15, -0.1) is 0 Å². The van der Waals surface area contributed by atoms with Gasteiger partial charge in [0.15, 0.2) is 0 Å². The molecule has 7 nitrogen and oxygen atoms in total. The van der Waals surface area contributed by atoms with E-state index >= 15 is 0 Å². The van der Waals surface area contributed by atoms with Crippen molar-refractivity contribution in [3.05, 3.63) is 29.8 Å². The van der Waals surface area contributed by atoms with Gasteiger partial charge in [-0.05, 0) is 32.0 Å². The molecule has 188 valence electrons. The Morgan fingerprint density at radius 2 is 1.79 bits per heavy atom. The maximum atomic E-state index is 13.9. The largest absolute Gasteiger partial charge is 0.416 e. The standard InChI is InChI=1S/C22H34F3N2O5P/c1-8-31-33(29,32-9-2)18-21(6,7)14-30-17(20(3,4)5)27(18)19(28)26-16-12-10-11-15(13-16)22(23,24)25/h10-13,17-18H,8-9,14H2,1-7H3,(H,26,28). The average Bonchev–Trinajstić information content (AvgIpc) is 2.65. The number of ether oxygens (including phenoxy) is 1. The summed E-state index contributed by atoms with van der Waals surface area (Å²) in [6, 6.07) is 3.57. The molecular formula is C22H34F3N2O5P. The molecule has 2 atom stereocenters. The van der Waals surface area contributed by atoms with Crippen LogP contribution in [0.2, 0.25) is 0 Å². The van der Waals surface area contributed by atoms with Gasteiger partial charge in [-0.3, -0.25) is 9.46 Å². The number of alkyl halides is 3. The average molecular weight is 494 g/mol. The van der Waals surface area contributed by atoms with Crippen LogP contribution in [0.4, 0.5) is 23.7 Å². The first-order valence-corrected chi connectivity index (χ1v) is 12.4. The zero-order valence-corrected chi connectivity index (χ0v) is 21.0. The van der Waals surface area contributed by atoms with E-state index in [4.69, 9.17) is 13.8 Å². The van der Waals surface area contributed by atoms with Crippen molar-refractivity contribution in [1.29, 1.82) is 0 Å². The molecule has 1 saturated heterocycles. The smallest absolute Gasteiger partial charge is 0.357 e. The Balaban J connectivity index is 2.57. The first kappa shape index (κ1) is 27.6. The second-order valence-electron chi connectivity index (χ2n) is 9.68. The van der Waals surface area contributed by atoms with E-state index in [0.717, 1.165) is 12.1 Å². The third-order valence-corrected chi connectivity index (χ3v) is 7.95. The second kappa shape index (κ2) is 9.94. The molecular weight excluding hydrogens is 460 g/mol. The Morgan fingerprint density at radius 3 is 2.27 bits per heavy atom. The van der Waals surface area contributed by atoms with Crippen molar-refractivity contribution in [2.75, 3.05) is 25.1 Å². The van der Waals surface area contributed by atoms with Crippen LogP contribution in [0, 0.1) is 10.8 Å². The summed E-state index contributed by atoms with van der Waals surface area (Å²) in [6.45, 7) is 12.8. The van der Waals surface area contributed by atoms with Gasteiger partial charge in [-0.25, -0.2) is 4.79 Å². The van der Waals surface area contributed by atoms with E-state index in [2.05, 4.69) is 5.32 Å². The van der Waals surface area contributed by atoms with Crippen molar-refractivity contribution in [2.45, 2.75) is 66.7 Å². The van der Waals surface area contributed by atoms with Gasteiger partial charge in [0.2, 0.25) is 0 Å². The number of benzene rings is 1. The molecule has 0 spiro atoms. The number of hydrogen-bond donors (Lipinski definition) is 1. The Bertz CT molecular complexity index is 876. The van der Waals surface area contributed by atoms with Gasteiger partial charge in [0, 0.05) is 16.5 Å². The molecule has 0 radical (unpaired) electrons. The normalized spacial score (nSPS) is 21.7. The number of rotatable bonds is 6. The molecule has 0 bridgehead atoms. The van der Waals surface area contributed by atoms with Crippen LogP contribution in [0.1, 0.15) is 54.0 Å². The molecule has 1 aliphatic heterocycles. The first-order chi connectivity index (χ1) is 15.1. The number of nitrogens with one attached hydrogen (secondary N) is 1. The molecule has 0 aromatic heterocycles. The highest BCUT2D eigenvalue weighted by Gasteiger charge is 2.58. The fourth-order valence-electron chi connectivity index (χ4n) is 3.92. The van der Waals surface area contributed by atoms with Crippen LogP contribution in [0.3, 0.4) is 0 Å². The lowest BCUT2D eigenvalue weighted by atomic mass is 9.86. The van der Waals surface area contributed by atoms with Crippen molar-refractivity contribution in [1.82, 2.24) is 4.90 Å². The van der Waals surface area contributed by atoms with Crippen molar-refractivity contribution < 1.29 is 36.3 Å². The van der Waals surface area contributed by atoms with Crippen LogP contribution in [-0.4, -0.2) is 42.8 Å². The van der Waals surface area contributed by atoms with E-state index in [1.807, 2.05) is 20.8 Å². The fourth-order valence-corrected chi connectivity index (χ4v) is 6.46. The number of halogens is 3. The lowest BCUT2D eigenvalue weighted by Crippen LogP contribution is -2.64. The summed E-state index contributed by atoms with van der Waals surface area (Å²) in [5, 5.41) is 2.53. The van der Waals surface area contributed by atoms with Gasteiger partial charge < -0.3 is 19.1 Å². The SMILES string of the molecule is CCOP(=O)(OCC)C1N(C(=O)Nc2cccc(C(F)(F)F)c2)C(C(C)(C)C)OCC1(C)C. The van der Waals surface area contributed by atoms with Crippen LogP contribution in [0.5, 0.6) is 0 Å². The molecule has 1 fully saturated rings. The molecule has 1 heterocycles. The van der Waals surface area contributed by atoms with Crippen molar-refractivity contribution in [2.24, 2.45) is 10.8 Å². The monoisotopic (exact) mass is 494 g/mol. The van der Waals surface area contributed by atoms with Gasteiger partial charge in [0.1, 0.15) is 12.0 Å². The zero-order valence-electron chi connectivity index (χ0n) is 20.2. The molecule has 1 aliphatic rings. The molecule has 1 aromatic rings. The number of amides is 2. The molecule has 11 heteroatoms. The molecule has 0 saturated carbocycles. The van der Waals surface area contributed by atoms with Gasteiger partial charge in [-0.1, -0.05) is 40.7 Å². The summed E-state index contributed by atoms with van der Waals surface area (Å²) in [7, 11) is -3.87. The predicted molar refractivity (Wildman–Crippen MR) is 120 cm³/mol. The molecule has 2 amide bonds. The minimum atomic E-state index is -4.56. The topological polar surface area (TPSA) is 77.1 Å². The van der Waals surface area contributed by atoms with E-state index in [9.17, 15) is 22.5 Å². The van der Waals surface area contributed by atoms with Gasteiger partial charge >= 0.3 is 19.8 Å². The second-order valence-corrected chi connectivity index (χ2v) is 11.8. The van der Waals surface area contributed by atoms with Crippen LogP contribution in [0.15, 0.2) is 24.3 Å². The van der Waals surface area contributed by atoms with Crippen molar-refractivity contribution in [3.63, 3.8) is 0 Å². The van der Waals surface area contributed by atoms with Gasteiger partial charge in [0.25, 0.3) is 0 Å². The molecule has 2 unspecified atom stereocenters. The maximum Gasteiger partial charge on any atom is 0.416 e. The number of hydrogen-bond acceptors (Lipinski definition) is 5. The number of urea groups is 1. The molecule has 0 aliphatic carbocycles. The van der Waals surface area contributed by atoms with E-state index in [1.54, 1.807) is 27.7 Å². The molecule has 33 heavy (non-hydrogen) atoms. The summed E-state index contributed by atoms with van der Waals surface area (Å²) in [5.74, 6) is -1.03. The number of carbonyl (C=O) groups excluding carboxylic acids is 1.